The number of hydrogen-bond donors (Lipinski definition) is 1. The second-order valence-corrected chi connectivity index (χ2v) is 7.48. The van der Waals surface area contributed by atoms with Gasteiger partial charge in [-0.15, -0.1) is 11.8 Å². The van der Waals surface area contributed by atoms with Gasteiger partial charge in [-0.2, -0.15) is 0 Å². The number of carbonyl (C=O) groups is 2. The first kappa shape index (κ1) is 22.2. The first-order valence-corrected chi connectivity index (χ1v) is 9.74. The number of non-ortho nitro benzene ring substituents is 1. The Labute approximate surface area is 172 Å². The number of nitrogens with zero attached hydrogens (tertiary/aromatic N) is 1. The fourth-order valence-corrected chi connectivity index (χ4v) is 3.21. The SMILES string of the molecule is COc1ccc(CCNC(=O)COC(=O)C(C)Sc2ccc([N+](=O)[O-])cc2)cc1. The predicted molar refractivity (Wildman–Crippen MR) is 109 cm³/mol. The number of nitrogens with one attached hydrogen (secondary N) is 1. The van der Waals surface area contributed by atoms with Gasteiger partial charge in [0.2, 0.25) is 0 Å². The van der Waals surface area contributed by atoms with Crippen LogP contribution in [0.2, 0.25) is 0 Å². The molecule has 29 heavy (non-hydrogen) atoms. The predicted octanol–water partition coefficient (Wildman–Crippen LogP) is 2.99. The van der Waals surface area contributed by atoms with Crippen molar-refractivity contribution in [3.8, 4) is 5.75 Å². The summed E-state index contributed by atoms with van der Waals surface area (Å²) in [6, 6.07) is 13.4. The van der Waals surface area contributed by atoms with Crippen LogP contribution in [-0.2, 0) is 20.7 Å². The molecule has 1 N–H and O–H groups in total. The molecule has 0 saturated carbocycles. The topological polar surface area (TPSA) is 108 Å². The normalized spacial score (nSPS) is 11.4. The minimum atomic E-state index is -0.552. The highest BCUT2D eigenvalue weighted by molar-refractivity contribution is 8.00. The molecule has 0 fully saturated rings. The highest BCUT2D eigenvalue weighted by atomic mass is 32.2. The van der Waals surface area contributed by atoms with Gasteiger partial charge < -0.3 is 14.8 Å². The zero-order chi connectivity index (χ0) is 21.2. The first-order chi connectivity index (χ1) is 13.9. The van der Waals surface area contributed by atoms with Gasteiger partial charge in [-0.05, 0) is 43.2 Å². The fourth-order valence-electron chi connectivity index (χ4n) is 2.34. The number of hydrogen-bond acceptors (Lipinski definition) is 7. The smallest absolute Gasteiger partial charge is 0.319 e. The zero-order valence-electron chi connectivity index (χ0n) is 16.1. The highest BCUT2D eigenvalue weighted by Crippen LogP contribution is 2.25. The average Bonchev–Trinajstić information content (AvgIpc) is 2.72. The van der Waals surface area contributed by atoms with Crippen molar-refractivity contribution in [2.24, 2.45) is 0 Å². The van der Waals surface area contributed by atoms with Crippen molar-refractivity contribution in [1.29, 1.82) is 0 Å². The third kappa shape index (κ3) is 7.46. The van der Waals surface area contributed by atoms with Gasteiger partial charge >= 0.3 is 5.97 Å². The van der Waals surface area contributed by atoms with Gasteiger partial charge in [-0.3, -0.25) is 19.7 Å². The van der Waals surface area contributed by atoms with Crippen LogP contribution in [0.3, 0.4) is 0 Å². The van der Waals surface area contributed by atoms with Crippen LogP contribution in [0.1, 0.15) is 12.5 Å². The fraction of sp³-hybridized carbons (Fsp3) is 0.300. The number of carbonyl (C=O) groups excluding carboxylic acids is 2. The zero-order valence-corrected chi connectivity index (χ0v) is 16.9. The third-order valence-corrected chi connectivity index (χ3v) is 5.02. The molecule has 8 nitrogen and oxygen atoms in total. The maximum Gasteiger partial charge on any atom is 0.319 e. The number of thioether (sulfide) groups is 1. The lowest BCUT2D eigenvalue weighted by Crippen LogP contribution is -2.31. The summed E-state index contributed by atoms with van der Waals surface area (Å²) in [7, 11) is 1.60. The van der Waals surface area contributed by atoms with Crippen LogP contribution in [0.15, 0.2) is 53.4 Å². The molecule has 0 spiro atoms. The Morgan fingerprint density at radius 3 is 2.38 bits per heavy atom. The Kier molecular flexibility index (Phi) is 8.47. The number of methoxy groups -OCH3 is 1. The molecule has 0 aliphatic rings. The minimum absolute atomic E-state index is 0.0177. The molecule has 0 saturated heterocycles. The number of rotatable bonds is 10. The van der Waals surface area contributed by atoms with E-state index < -0.39 is 16.1 Å². The molecule has 2 rings (SSSR count). The molecule has 1 atom stereocenters. The lowest BCUT2D eigenvalue weighted by Gasteiger charge is -2.11. The first-order valence-electron chi connectivity index (χ1n) is 8.86. The molecule has 0 radical (unpaired) electrons. The van der Waals surface area contributed by atoms with E-state index in [0.29, 0.717) is 17.9 Å². The van der Waals surface area contributed by atoms with E-state index in [9.17, 15) is 19.7 Å². The summed E-state index contributed by atoms with van der Waals surface area (Å²) >= 11 is 1.20. The Hall–Kier alpha value is -3.07. The molecular formula is C20H22N2O6S. The molecule has 0 heterocycles. The molecular weight excluding hydrogens is 396 g/mol. The second kappa shape index (κ2) is 11.1. The Balaban J connectivity index is 1.68. The standard InChI is InChI=1S/C20H22N2O6S/c1-14(29-18-9-5-16(6-10-18)22(25)26)20(24)28-13-19(23)21-12-11-15-3-7-17(27-2)8-4-15/h3-10,14H,11-13H2,1-2H3,(H,21,23). The van der Waals surface area contributed by atoms with Crippen LogP contribution in [0.4, 0.5) is 5.69 Å². The van der Waals surface area contributed by atoms with Crippen LogP contribution in [0, 0.1) is 10.1 Å². The number of ether oxygens (including phenoxy) is 2. The maximum atomic E-state index is 12.0. The molecule has 0 aliphatic heterocycles. The van der Waals surface area contributed by atoms with Crippen molar-refractivity contribution >= 4 is 29.3 Å². The highest BCUT2D eigenvalue weighted by Gasteiger charge is 2.18. The van der Waals surface area contributed by atoms with Gasteiger partial charge in [-0.1, -0.05) is 12.1 Å². The molecule has 0 aliphatic carbocycles. The van der Waals surface area contributed by atoms with Gasteiger partial charge in [0, 0.05) is 23.6 Å². The minimum Gasteiger partial charge on any atom is -0.497 e. The summed E-state index contributed by atoms with van der Waals surface area (Å²) in [5.41, 5.74) is 1.03. The summed E-state index contributed by atoms with van der Waals surface area (Å²) in [5, 5.41) is 12.8. The van der Waals surface area contributed by atoms with E-state index in [1.807, 2.05) is 24.3 Å². The Morgan fingerprint density at radius 1 is 1.14 bits per heavy atom. The van der Waals surface area contributed by atoms with Crippen molar-refractivity contribution in [2.45, 2.75) is 23.5 Å². The van der Waals surface area contributed by atoms with Crippen LogP contribution in [0.5, 0.6) is 5.75 Å². The van der Waals surface area contributed by atoms with E-state index in [4.69, 9.17) is 9.47 Å². The molecule has 9 heteroatoms. The third-order valence-electron chi connectivity index (χ3n) is 3.93. The maximum absolute atomic E-state index is 12.0. The van der Waals surface area contributed by atoms with E-state index in [1.165, 1.54) is 23.9 Å². The van der Waals surface area contributed by atoms with Crippen LogP contribution >= 0.6 is 11.8 Å². The van der Waals surface area contributed by atoms with E-state index in [1.54, 1.807) is 26.2 Å². The van der Waals surface area contributed by atoms with Gasteiger partial charge in [0.25, 0.3) is 11.6 Å². The average molecular weight is 418 g/mol. The summed E-state index contributed by atoms with van der Waals surface area (Å²) in [4.78, 5) is 34.7. The van der Waals surface area contributed by atoms with Crippen molar-refractivity contribution in [1.82, 2.24) is 5.32 Å². The van der Waals surface area contributed by atoms with Crippen LogP contribution < -0.4 is 10.1 Å². The summed E-state index contributed by atoms with van der Waals surface area (Å²) in [5.74, 6) is -0.136. The van der Waals surface area contributed by atoms with Crippen molar-refractivity contribution in [3.05, 3.63) is 64.2 Å². The quantitative estimate of drug-likeness (QED) is 0.273. The number of amides is 1. The van der Waals surface area contributed by atoms with Gasteiger partial charge in [0.05, 0.1) is 12.0 Å². The number of nitro groups is 1. The Bertz CT molecular complexity index is 839. The van der Waals surface area contributed by atoms with E-state index >= 15 is 0 Å². The van der Waals surface area contributed by atoms with E-state index in [-0.39, 0.29) is 18.2 Å². The summed E-state index contributed by atoms with van der Waals surface area (Å²) in [6.45, 7) is 1.72. The molecule has 0 aromatic heterocycles. The van der Waals surface area contributed by atoms with Crippen molar-refractivity contribution < 1.29 is 24.0 Å². The van der Waals surface area contributed by atoms with E-state index in [2.05, 4.69) is 5.32 Å². The molecule has 0 bridgehead atoms. The van der Waals surface area contributed by atoms with Crippen molar-refractivity contribution in [3.63, 3.8) is 0 Å². The monoisotopic (exact) mass is 418 g/mol. The van der Waals surface area contributed by atoms with Crippen LogP contribution in [-0.4, -0.2) is 42.3 Å². The summed E-state index contributed by atoms with van der Waals surface area (Å²) in [6.07, 6.45) is 0.649. The lowest BCUT2D eigenvalue weighted by molar-refractivity contribution is -0.384. The van der Waals surface area contributed by atoms with Gasteiger partial charge in [0.1, 0.15) is 11.0 Å². The number of benzene rings is 2. The Morgan fingerprint density at radius 2 is 1.79 bits per heavy atom. The largest absolute Gasteiger partial charge is 0.497 e. The van der Waals surface area contributed by atoms with E-state index in [0.717, 1.165) is 11.3 Å². The molecule has 154 valence electrons. The van der Waals surface area contributed by atoms with Gasteiger partial charge in [0.15, 0.2) is 6.61 Å². The summed E-state index contributed by atoms with van der Waals surface area (Å²) < 4.78 is 10.1. The lowest BCUT2D eigenvalue weighted by atomic mass is 10.1. The molecule has 2 aromatic carbocycles. The molecule has 1 unspecified atom stereocenters. The number of esters is 1. The van der Waals surface area contributed by atoms with Gasteiger partial charge in [-0.25, -0.2) is 0 Å². The second-order valence-electron chi connectivity index (χ2n) is 6.07. The molecule has 2 aromatic rings. The number of nitro benzene ring substituents is 1. The van der Waals surface area contributed by atoms with Crippen molar-refractivity contribution in [2.75, 3.05) is 20.3 Å². The molecule has 1 amide bonds. The van der Waals surface area contributed by atoms with Crippen LogP contribution in [0.25, 0.3) is 0 Å².